The molecule has 0 bridgehead atoms. The molecule has 1 atom stereocenters. The summed E-state index contributed by atoms with van der Waals surface area (Å²) < 4.78 is 24.5. The van der Waals surface area contributed by atoms with Crippen molar-refractivity contribution in [3.63, 3.8) is 0 Å². The van der Waals surface area contributed by atoms with E-state index in [1.165, 1.54) is 16.7 Å². The summed E-state index contributed by atoms with van der Waals surface area (Å²) in [5.41, 5.74) is 3.86. The van der Waals surface area contributed by atoms with Gasteiger partial charge in [-0.05, 0) is 55.1 Å². The number of aromatic nitrogens is 1. The molecule has 0 aliphatic carbocycles. The van der Waals surface area contributed by atoms with E-state index in [4.69, 9.17) is 9.47 Å². The van der Waals surface area contributed by atoms with Crippen LogP contribution in [0.25, 0.3) is 0 Å². The molecule has 2 aliphatic heterocycles. The van der Waals surface area contributed by atoms with Gasteiger partial charge in [0.15, 0.2) is 0 Å². The lowest BCUT2D eigenvalue weighted by molar-refractivity contribution is 0.143. The molecule has 1 unspecified atom stereocenters. The van der Waals surface area contributed by atoms with Crippen LogP contribution in [0.4, 0.5) is 4.39 Å². The van der Waals surface area contributed by atoms with Gasteiger partial charge in [0.05, 0.1) is 13.7 Å². The summed E-state index contributed by atoms with van der Waals surface area (Å²) in [7, 11) is 3.79. The molecule has 0 saturated carbocycles. The van der Waals surface area contributed by atoms with Crippen molar-refractivity contribution < 1.29 is 13.9 Å². The number of alkyl halides is 1. The normalized spacial score (nSPS) is 20.7. The Labute approximate surface area is 178 Å². The molecule has 6 heteroatoms. The molecule has 1 saturated heterocycles. The van der Waals surface area contributed by atoms with Crippen LogP contribution in [-0.2, 0) is 6.54 Å². The van der Waals surface area contributed by atoms with E-state index in [0.29, 0.717) is 31.2 Å². The molecule has 0 radical (unpaired) electrons. The van der Waals surface area contributed by atoms with Crippen LogP contribution in [0, 0.1) is 0 Å². The SMILES string of the molecule is COc1ccc(C2CN(C)Cc3cc(OCCCN4CCC(F)CC4)ccc32)cn1. The van der Waals surface area contributed by atoms with Crippen molar-refractivity contribution in [3.8, 4) is 11.6 Å². The Bertz CT molecular complexity index is 822. The first-order chi connectivity index (χ1) is 14.6. The lowest BCUT2D eigenvalue weighted by Crippen LogP contribution is -2.35. The number of piperidine rings is 1. The van der Waals surface area contributed by atoms with Crippen LogP contribution in [0.15, 0.2) is 36.5 Å². The zero-order valence-corrected chi connectivity index (χ0v) is 18.0. The molecule has 0 N–H and O–H groups in total. The predicted molar refractivity (Wildman–Crippen MR) is 116 cm³/mol. The maximum Gasteiger partial charge on any atom is 0.212 e. The molecule has 1 fully saturated rings. The molecule has 0 amide bonds. The molecule has 2 aromatic rings. The number of benzene rings is 1. The minimum atomic E-state index is -0.608. The molecular weight excluding hydrogens is 381 g/mol. The third kappa shape index (κ3) is 5.10. The summed E-state index contributed by atoms with van der Waals surface area (Å²) >= 11 is 0. The van der Waals surface area contributed by atoms with Crippen LogP contribution in [-0.4, -0.2) is 67.9 Å². The first kappa shape index (κ1) is 21.1. The van der Waals surface area contributed by atoms with E-state index in [9.17, 15) is 4.39 Å². The lowest BCUT2D eigenvalue weighted by atomic mass is 9.85. The predicted octanol–water partition coefficient (Wildman–Crippen LogP) is 3.87. The minimum absolute atomic E-state index is 0.296. The summed E-state index contributed by atoms with van der Waals surface area (Å²) in [6.45, 7) is 5.30. The maximum atomic E-state index is 13.2. The van der Waals surface area contributed by atoms with Gasteiger partial charge >= 0.3 is 0 Å². The quantitative estimate of drug-likeness (QED) is 0.644. The molecule has 162 valence electrons. The first-order valence-electron chi connectivity index (χ1n) is 10.9. The van der Waals surface area contributed by atoms with Crippen LogP contribution in [0.5, 0.6) is 11.6 Å². The second-order valence-corrected chi connectivity index (χ2v) is 8.46. The van der Waals surface area contributed by atoms with E-state index in [0.717, 1.165) is 44.9 Å². The van der Waals surface area contributed by atoms with Crippen molar-refractivity contribution in [2.45, 2.75) is 37.9 Å². The lowest BCUT2D eigenvalue weighted by Gasteiger charge is -2.32. The third-order valence-corrected chi connectivity index (χ3v) is 6.20. The van der Waals surface area contributed by atoms with Gasteiger partial charge in [-0.15, -0.1) is 0 Å². The fourth-order valence-electron chi connectivity index (χ4n) is 4.52. The number of pyridine rings is 1. The number of ether oxygens (including phenoxy) is 2. The standard InChI is InChI=1S/C24H32FN3O2/c1-27-16-19-14-21(30-13-3-10-28-11-8-20(25)9-12-28)5-6-22(19)23(17-27)18-4-7-24(29-2)26-15-18/h4-7,14-15,20,23H,3,8-13,16-17H2,1-2H3. The Morgan fingerprint density at radius 1 is 1.17 bits per heavy atom. The third-order valence-electron chi connectivity index (χ3n) is 6.20. The number of likely N-dealkylation sites (N-methyl/N-ethyl adjacent to an activating group) is 1. The average Bonchev–Trinajstić information content (AvgIpc) is 2.77. The molecule has 2 aliphatic rings. The number of rotatable bonds is 7. The van der Waals surface area contributed by atoms with Crippen LogP contribution in [0.2, 0.25) is 0 Å². The molecule has 1 aromatic heterocycles. The van der Waals surface area contributed by atoms with Crippen LogP contribution >= 0.6 is 0 Å². The Morgan fingerprint density at radius 3 is 2.73 bits per heavy atom. The van der Waals surface area contributed by atoms with Gasteiger partial charge in [-0.2, -0.15) is 0 Å². The van der Waals surface area contributed by atoms with Gasteiger partial charge in [0.2, 0.25) is 5.88 Å². The Morgan fingerprint density at radius 2 is 2.00 bits per heavy atom. The highest BCUT2D eigenvalue weighted by molar-refractivity contribution is 5.44. The van der Waals surface area contributed by atoms with Crippen molar-refractivity contribution in [2.75, 3.05) is 46.9 Å². The van der Waals surface area contributed by atoms with E-state index in [1.807, 2.05) is 12.3 Å². The zero-order valence-electron chi connectivity index (χ0n) is 18.0. The minimum Gasteiger partial charge on any atom is -0.494 e. The second-order valence-electron chi connectivity index (χ2n) is 8.46. The summed E-state index contributed by atoms with van der Waals surface area (Å²) in [5.74, 6) is 1.86. The van der Waals surface area contributed by atoms with E-state index in [2.05, 4.69) is 46.1 Å². The summed E-state index contributed by atoms with van der Waals surface area (Å²) in [4.78, 5) is 9.07. The Kier molecular flexibility index (Phi) is 6.85. The van der Waals surface area contributed by atoms with Crippen LogP contribution in [0.3, 0.4) is 0 Å². The topological polar surface area (TPSA) is 37.8 Å². The fraction of sp³-hybridized carbons (Fsp3) is 0.542. The average molecular weight is 414 g/mol. The highest BCUT2D eigenvalue weighted by atomic mass is 19.1. The van der Waals surface area contributed by atoms with Gasteiger partial charge in [-0.3, -0.25) is 0 Å². The first-order valence-corrected chi connectivity index (χ1v) is 10.9. The monoisotopic (exact) mass is 413 g/mol. The van der Waals surface area contributed by atoms with Gasteiger partial charge in [-0.1, -0.05) is 12.1 Å². The van der Waals surface area contributed by atoms with Gasteiger partial charge in [0.1, 0.15) is 11.9 Å². The van der Waals surface area contributed by atoms with E-state index >= 15 is 0 Å². The van der Waals surface area contributed by atoms with Crippen molar-refractivity contribution in [1.82, 2.24) is 14.8 Å². The summed E-state index contributed by atoms with van der Waals surface area (Å²) in [5, 5.41) is 0. The van der Waals surface area contributed by atoms with Gasteiger partial charge in [-0.25, -0.2) is 9.37 Å². The van der Waals surface area contributed by atoms with Crippen molar-refractivity contribution >= 4 is 0 Å². The molecule has 0 spiro atoms. The molecule has 5 nitrogen and oxygen atoms in total. The van der Waals surface area contributed by atoms with E-state index in [-0.39, 0.29) is 0 Å². The number of nitrogens with zero attached hydrogens (tertiary/aromatic N) is 3. The van der Waals surface area contributed by atoms with Crippen molar-refractivity contribution in [1.29, 1.82) is 0 Å². The van der Waals surface area contributed by atoms with Gasteiger partial charge in [0, 0.05) is 50.9 Å². The number of methoxy groups -OCH3 is 1. The van der Waals surface area contributed by atoms with E-state index < -0.39 is 6.17 Å². The fourth-order valence-corrected chi connectivity index (χ4v) is 4.52. The van der Waals surface area contributed by atoms with Gasteiger partial charge in [0.25, 0.3) is 0 Å². The molecular formula is C24H32FN3O2. The molecule has 4 rings (SSSR count). The zero-order chi connectivity index (χ0) is 20.9. The maximum absolute atomic E-state index is 13.2. The van der Waals surface area contributed by atoms with Gasteiger partial charge < -0.3 is 19.3 Å². The van der Waals surface area contributed by atoms with Crippen LogP contribution < -0.4 is 9.47 Å². The molecule has 1 aromatic carbocycles. The highest BCUT2D eigenvalue weighted by Crippen LogP contribution is 2.35. The Balaban J connectivity index is 1.36. The smallest absolute Gasteiger partial charge is 0.212 e. The summed E-state index contributed by atoms with van der Waals surface area (Å²) in [6.07, 6.45) is 3.62. The number of likely N-dealkylation sites (tertiary alicyclic amines) is 1. The number of hydrogen-bond donors (Lipinski definition) is 0. The summed E-state index contributed by atoms with van der Waals surface area (Å²) in [6, 6.07) is 10.5. The van der Waals surface area contributed by atoms with Crippen molar-refractivity contribution in [2.24, 2.45) is 0 Å². The number of hydrogen-bond acceptors (Lipinski definition) is 5. The number of halogens is 1. The van der Waals surface area contributed by atoms with Crippen LogP contribution in [0.1, 0.15) is 41.9 Å². The number of fused-ring (bicyclic) bond motifs is 1. The Hall–Kier alpha value is -2.18. The molecule has 3 heterocycles. The van der Waals surface area contributed by atoms with Crippen molar-refractivity contribution in [3.05, 3.63) is 53.2 Å². The second kappa shape index (κ2) is 9.75. The largest absolute Gasteiger partial charge is 0.494 e. The molecule has 30 heavy (non-hydrogen) atoms. The highest BCUT2D eigenvalue weighted by Gasteiger charge is 2.25. The van der Waals surface area contributed by atoms with E-state index in [1.54, 1.807) is 7.11 Å².